The molecule has 0 bridgehead atoms. The third-order valence-corrected chi connectivity index (χ3v) is 24.1. The summed E-state index contributed by atoms with van der Waals surface area (Å²) in [6, 6.07) is 9.88. The molecule has 43 heavy (non-hydrogen) atoms. The van der Waals surface area contributed by atoms with Crippen molar-refractivity contribution in [1.82, 2.24) is 0 Å². The van der Waals surface area contributed by atoms with E-state index in [4.69, 9.17) is 0 Å². The number of alkyl halides is 6. The van der Waals surface area contributed by atoms with Crippen LogP contribution in [0.4, 0.5) is 26.3 Å². The molecule has 0 aliphatic heterocycles. The molecule has 0 heterocycles. The molecule has 0 saturated carbocycles. The molecule has 0 atom stereocenters. The van der Waals surface area contributed by atoms with Crippen LogP contribution < -0.4 is 0 Å². The topological polar surface area (TPSA) is 40.5 Å². The van der Waals surface area contributed by atoms with Crippen LogP contribution in [-0.4, -0.2) is 41.8 Å². The molecule has 2 nitrogen and oxygen atoms in total. The minimum absolute atomic E-state index is 0.199. The van der Waals surface area contributed by atoms with Crippen LogP contribution in [0.2, 0.25) is 13.3 Å². The summed E-state index contributed by atoms with van der Waals surface area (Å²) in [5.74, 6) is 0. The molecule has 0 aliphatic carbocycles. The number of halogens is 6. The van der Waals surface area contributed by atoms with E-state index in [1.54, 1.807) is 0 Å². The monoisotopic (exact) mass is 720 g/mol. The molecular formula is C34H46F6O2Sn. The Bertz CT molecular complexity index is 1140. The summed E-state index contributed by atoms with van der Waals surface area (Å²) in [5.41, 5.74) is 1.20. The van der Waals surface area contributed by atoms with Crippen LogP contribution >= 0.6 is 0 Å². The first-order chi connectivity index (χ1) is 20.3. The van der Waals surface area contributed by atoms with E-state index in [9.17, 15) is 36.6 Å². The second-order valence-corrected chi connectivity index (χ2v) is 24.5. The molecule has 0 aromatic heterocycles. The van der Waals surface area contributed by atoms with E-state index in [1.807, 2.05) is 6.08 Å². The number of aliphatic hydroxyl groups excluding tert-OH is 2. The fourth-order valence-electron chi connectivity index (χ4n) is 5.82. The van der Waals surface area contributed by atoms with Crippen molar-refractivity contribution in [2.75, 3.05) is 13.2 Å². The van der Waals surface area contributed by atoms with Gasteiger partial charge in [0.1, 0.15) is 0 Å². The van der Waals surface area contributed by atoms with Gasteiger partial charge in [0.25, 0.3) is 0 Å². The van der Waals surface area contributed by atoms with Gasteiger partial charge < -0.3 is 0 Å². The summed E-state index contributed by atoms with van der Waals surface area (Å²) in [6.07, 6.45) is -0.450. The molecule has 0 amide bonds. The Hall–Kier alpha value is -1.78. The van der Waals surface area contributed by atoms with E-state index < -0.39 is 41.9 Å². The van der Waals surface area contributed by atoms with Crippen molar-refractivity contribution in [2.45, 2.75) is 97.8 Å². The first kappa shape index (κ1) is 37.4. The molecule has 0 unspecified atom stereocenters. The fraction of sp³-hybridized carbons (Fsp3) is 0.529. The maximum atomic E-state index is 13.3. The molecule has 2 rings (SSSR count). The van der Waals surface area contributed by atoms with Crippen LogP contribution in [0.1, 0.15) is 81.5 Å². The quantitative estimate of drug-likeness (QED) is 0.0971. The number of hydrogen-bond donors (Lipinski definition) is 2. The molecular weight excluding hydrogens is 673 g/mol. The van der Waals surface area contributed by atoms with Crippen LogP contribution in [0, 0.1) is 0 Å². The van der Waals surface area contributed by atoms with Crippen molar-refractivity contribution in [2.24, 2.45) is 0 Å². The van der Waals surface area contributed by atoms with Crippen LogP contribution in [0.25, 0.3) is 0 Å². The molecule has 0 aliphatic rings. The normalized spacial score (nSPS) is 13.8. The Labute approximate surface area is 256 Å². The summed E-state index contributed by atoms with van der Waals surface area (Å²) < 4.78 is 83.8. The molecule has 0 fully saturated rings. The second-order valence-electron chi connectivity index (χ2n) is 11.4. The standard InChI is InChI=1S/C22H19F6O2.3C4H9.Sn/c23-21(24,25)19-7-3-15(4-8-19)12-17(2-1-11-29)18(14-30)13-16-5-9-20(10-6-16)22(26,27)28;3*1-3-4-2;/h1,3-10,29-30H,11-14H2;3*1,3-4H2,2H3;/b2-1?,18-17-;;;;. The minimum atomic E-state index is -4.47. The predicted octanol–water partition coefficient (Wildman–Crippen LogP) is 10.1. The van der Waals surface area contributed by atoms with Crippen molar-refractivity contribution in [1.29, 1.82) is 0 Å². The SMILES string of the molecule is CCC[CH2][Sn]([CH2]CCC)([CH2]CCC)[C](=C/CO)/C(Cc1ccc(C(F)(F)F)cc1)=C(/CO)Cc1ccc(C(F)(F)F)cc1. The number of unbranched alkanes of at least 4 members (excludes halogenated alkanes) is 3. The predicted molar refractivity (Wildman–Crippen MR) is 164 cm³/mol. The average Bonchev–Trinajstić information content (AvgIpc) is 2.97. The van der Waals surface area contributed by atoms with E-state index in [0.29, 0.717) is 16.7 Å². The summed E-state index contributed by atoms with van der Waals surface area (Å²) in [7, 11) is 0. The fourth-order valence-corrected chi connectivity index (χ4v) is 23.2. The Morgan fingerprint density at radius 2 is 1.05 bits per heavy atom. The second kappa shape index (κ2) is 17.6. The van der Waals surface area contributed by atoms with Crippen molar-refractivity contribution >= 4 is 18.4 Å². The van der Waals surface area contributed by atoms with Gasteiger partial charge in [-0.15, -0.1) is 0 Å². The number of benzene rings is 2. The third-order valence-electron chi connectivity index (χ3n) is 8.20. The summed E-state index contributed by atoms with van der Waals surface area (Å²) in [4.78, 5) is 0. The Morgan fingerprint density at radius 1 is 0.651 bits per heavy atom. The number of allylic oxidation sites excluding steroid dienone is 2. The Kier molecular flexibility index (Phi) is 15.3. The van der Waals surface area contributed by atoms with E-state index >= 15 is 0 Å². The van der Waals surface area contributed by atoms with Gasteiger partial charge in [-0.05, 0) is 0 Å². The summed E-state index contributed by atoms with van der Waals surface area (Å²) in [6.45, 7) is 5.89. The number of hydrogen-bond acceptors (Lipinski definition) is 2. The molecule has 0 radical (unpaired) electrons. The van der Waals surface area contributed by atoms with E-state index in [-0.39, 0.29) is 26.1 Å². The average molecular weight is 719 g/mol. The van der Waals surface area contributed by atoms with Crippen molar-refractivity contribution in [3.05, 3.63) is 91.6 Å². The summed E-state index contributed by atoms with van der Waals surface area (Å²) in [5, 5.41) is 21.0. The first-order valence-corrected chi connectivity index (χ1v) is 22.8. The number of aliphatic hydroxyl groups is 2. The van der Waals surface area contributed by atoms with Gasteiger partial charge in [0, 0.05) is 0 Å². The zero-order chi connectivity index (χ0) is 32.1. The van der Waals surface area contributed by atoms with Crippen LogP contribution in [0.5, 0.6) is 0 Å². The van der Waals surface area contributed by atoms with Crippen molar-refractivity contribution in [3.8, 4) is 0 Å². The van der Waals surface area contributed by atoms with Gasteiger partial charge in [-0.2, -0.15) is 0 Å². The number of rotatable bonds is 17. The third kappa shape index (κ3) is 11.3. The van der Waals surface area contributed by atoms with Gasteiger partial charge in [-0.1, -0.05) is 0 Å². The summed E-state index contributed by atoms with van der Waals surface area (Å²) >= 11 is -3.30. The van der Waals surface area contributed by atoms with Gasteiger partial charge >= 0.3 is 258 Å². The van der Waals surface area contributed by atoms with E-state index in [1.165, 1.54) is 24.3 Å². The Morgan fingerprint density at radius 3 is 1.37 bits per heavy atom. The van der Waals surface area contributed by atoms with Gasteiger partial charge in [0.05, 0.1) is 0 Å². The van der Waals surface area contributed by atoms with Gasteiger partial charge in [0.2, 0.25) is 0 Å². The van der Waals surface area contributed by atoms with E-state index in [0.717, 1.165) is 85.3 Å². The zero-order valence-corrected chi connectivity index (χ0v) is 28.4. The molecule has 2 aromatic rings. The molecule has 2 aromatic carbocycles. The zero-order valence-electron chi connectivity index (χ0n) is 25.6. The molecule has 0 saturated heterocycles. The maximum absolute atomic E-state index is 13.3. The first-order valence-electron chi connectivity index (χ1n) is 15.3. The van der Waals surface area contributed by atoms with Gasteiger partial charge in [0.15, 0.2) is 0 Å². The van der Waals surface area contributed by atoms with Crippen LogP contribution in [0.3, 0.4) is 0 Å². The van der Waals surface area contributed by atoms with E-state index in [2.05, 4.69) is 20.8 Å². The van der Waals surface area contributed by atoms with Crippen LogP contribution in [0.15, 0.2) is 69.3 Å². The molecule has 9 heteroatoms. The Balaban J connectivity index is 2.78. The van der Waals surface area contributed by atoms with Crippen molar-refractivity contribution < 1.29 is 36.6 Å². The van der Waals surface area contributed by atoms with Gasteiger partial charge in [-0.25, -0.2) is 0 Å². The van der Waals surface area contributed by atoms with Crippen LogP contribution in [-0.2, 0) is 25.2 Å². The molecule has 240 valence electrons. The van der Waals surface area contributed by atoms with Crippen molar-refractivity contribution in [3.63, 3.8) is 0 Å². The molecule has 2 N–H and O–H groups in total. The molecule has 0 spiro atoms. The van der Waals surface area contributed by atoms with Gasteiger partial charge in [-0.3, -0.25) is 0 Å².